The molecule has 30 heavy (non-hydrogen) atoms. The molecule has 2 aliphatic rings. The second kappa shape index (κ2) is 7.65. The molecule has 0 bridgehead atoms. The van der Waals surface area contributed by atoms with Crippen molar-refractivity contribution in [2.24, 2.45) is 0 Å². The quantitative estimate of drug-likeness (QED) is 0.728. The standard InChI is InChI=1S/C23H23F2N3O2/c1-14-4-6-17(15(2)12-14)20-21(27-10-8-26(3)9-11-27)23(30)28(22(20)29)19-13-16(24)5-7-18(19)25/h4-7,12-13H,8-11H2,1-3H3. The van der Waals surface area contributed by atoms with Crippen LogP contribution < -0.4 is 4.90 Å². The van der Waals surface area contributed by atoms with Gasteiger partial charge in [-0.1, -0.05) is 23.8 Å². The Kier molecular flexibility index (Phi) is 5.15. The number of rotatable bonds is 3. The van der Waals surface area contributed by atoms with Gasteiger partial charge in [0.15, 0.2) is 0 Å². The number of carbonyl (C=O) groups is 2. The van der Waals surface area contributed by atoms with Crippen LogP contribution in [0.5, 0.6) is 0 Å². The fourth-order valence-electron chi connectivity index (χ4n) is 4.05. The van der Waals surface area contributed by atoms with Gasteiger partial charge in [-0.15, -0.1) is 0 Å². The van der Waals surface area contributed by atoms with Crippen LogP contribution in [0, 0.1) is 25.5 Å². The molecule has 2 amide bonds. The fourth-order valence-corrected chi connectivity index (χ4v) is 4.05. The lowest BCUT2D eigenvalue weighted by Gasteiger charge is -2.34. The smallest absolute Gasteiger partial charge is 0.282 e. The van der Waals surface area contributed by atoms with Crippen LogP contribution in [0.4, 0.5) is 14.5 Å². The van der Waals surface area contributed by atoms with Crippen LogP contribution in [-0.4, -0.2) is 54.8 Å². The van der Waals surface area contributed by atoms with E-state index >= 15 is 0 Å². The first-order chi connectivity index (χ1) is 14.3. The highest BCUT2D eigenvalue weighted by Gasteiger charge is 2.44. The van der Waals surface area contributed by atoms with Gasteiger partial charge >= 0.3 is 0 Å². The molecule has 1 fully saturated rings. The number of hydrogen-bond acceptors (Lipinski definition) is 4. The number of halogens is 2. The summed E-state index contributed by atoms with van der Waals surface area (Å²) in [7, 11) is 1.99. The molecule has 0 unspecified atom stereocenters. The molecule has 156 valence electrons. The van der Waals surface area contributed by atoms with Crippen molar-refractivity contribution < 1.29 is 18.4 Å². The number of amides is 2. The van der Waals surface area contributed by atoms with E-state index in [2.05, 4.69) is 4.90 Å². The number of anilines is 1. The summed E-state index contributed by atoms with van der Waals surface area (Å²) in [6.45, 7) is 6.43. The molecule has 0 spiro atoms. The highest BCUT2D eigenvalue weighted by Crippen LogP contribution is 2.37. The normalized spacial score (nSPS) is 18.0. The van der Waals surface area contributed by atoms with Gasteiger partial charge in [0.25, 0.3) is 11.8 Å². The van der Waals surface area contributed by atoms with Gasteiger partial charge in [-0.2, -0.15) is 0 Å². The van der Waals surface area contributed by atoms with Crippen molar-refractivity contribution in [2.45, 2.75) is 13.8 Å². The Hall–Kier alpha value is -3.06. The minimum atomic E-state index is -0.822. The third-order valence-corrected chi connectivity index (χ3v) is 5.68. The summed E-state index contributed by atoms with van der Waals surface area (Å²) >= 11 is 0. The van der Waals surface area contributed by atoms with Crippen molar-refractivity contribution in [1.29, 1.82) is 0 Å². The summed E-state index contributed by atoms with van der Waals surface area (Å²) in [5.41, 5.74) is 2.64. The molecule has 2 aromatic carbocycles. The van der Waals surface area contributed by atoms with E-state index in [4.69, 9.17) is 0 Å². The van der Waals surface area contributed by atoms with E-state index < -0.39 is 23.4 Å². The Bertz CT molecular complexity index is 1070. The lowest BCUT2D eigenvalue weighted by Crippen LogP contribution is -2.46. The second-order valence-corrected chi connectivity index (χ2v) is 7.87. The SMILES string of the molecule is Cc1ccc(C2=C(N3CCN(C)CC3)C(=O)N(c3cc(F)ccc3F)C2=O)c(C)c1. The Morgan fingerprint density at radius 3 is 2.23 bits per heavy atom. The van der Waals surface area contributed by atoms with E-state index in [1.54, 1.807) is 0 Å². The Morgan fingerprint density at radius 2 is 1.57 bits per heavy atom. The molecule has 0 aliphatic carbocycles. The minimum Gasteiger partial charge on any atom is -0.364 e. The second-order valence-electron chi connectivity index (χ2n) is 7.87. The maximum absolute atomic E-state index is 14.5. The molecule has 2 aromatic rings. The molecule has 2 aliphatic heterocycles. The van der Waals surface area contributed by atoms with E-state index in [-0.39, 0.29) is 17.0 Å². The summed E-state index contributed by atoms with van der Waals surface area (Å²) in [5, 5.41) is 0. The van der Waals surface area contributed by atoms with E-state index in [0.717, 1.165) is 47.3 Å². The van der Waals surface area contributed by atoms with Crippen LogP contribution >= 0.6 is 0 Å². The molecular weight excluding hydrogens is 388 g/mol. The zero-order chi connectivity index (χ0) is 21.6. The molecular formula is C23H23F2N3O2. The number of hydrogen-bond donors (Lipinski definition) is 0. The van der Waals surface area contributed by atoms with Gasteiger partial charge < -0.3 is 9.80 Å². The first kappa shape index (κ1) is 20.2. The van der Waals surface area contributed by atoms with Crippen LogP contribution in [0.25, 0.3) is 5.57 Å². The average Bonchev–Trinajstić information content (AvgIpc) is 2.95. The number of benzene rings is 2. The predicted octanol–water partition coefficient (Wildman–Crippen LogP) is 3.11. The first-order valence-corrected chi connectivity index (χ1v) is 9.87. The van der Waals surface area contributed by atoms with Crippen LogP contribution in [0.15, 0.2) is 42.1 Å². The summed E-state index contributed by atoms with van der Waals surface area (Å²) < 4.78 is 28.3. The van der Waals surface area contributed by atoms with Crippen molar-refractivity contribution >= 4 is 23.1 Å². The highest BCUT2D eigenvalue weighted by molar-refractivity contribution is 6.45. The number of aryl methyl sites for hydroxylation is 2. The van der Waals surface area contributed by atoms with Crippen LogP contribution in [0.1, 0.15) is 16.7 Å². The number of carbonyl (C=O) groups excluding carboxylic acids is 2. The van der Waals surface area contributed by atoms with E-state index in [1.807, 2.05) is 44.0 Å². The topological polar surface area (TPSA) is 43.9 Å². The zero-order valence-electron chi connectivity index (χ0n) is 17.2. The third-order valence-electron chi connectivity index (χ3n) is 5.68. The molecule has 0 saturated carbocycles. The number of imide groups is 1. The minimum absolute atomic E-state index is 0.241. The Balaban J connectivity index is 1.87. The van der Waals surface area contributed by atoms with Crippen molar-refractivity contribution in [3.05, 3.63) is 70.4 Å². The van der Waals surface area contributed by atoms with Gasteiger partial charge in [-0.05, 0) is 44.2 Å². The molecule has 7 heteroatoms. The lowest BCUT2D eigenvalue weighted by atomic mass is 9.97. The lowest BCUT2D eigenvalue weighted by molar-refractivity contribution is -0.120. The summed E-state index contributed by atoms with van der Waals surface area (Å²) in [6, 6.07) is 8.40. The summed E-state index contributed by atoms with van der Waals surface area (Å²) in [5.74, 6) is -2.79. The van der Waals surface area contributed by atoms with Gasteiger partial charge in [-0.25, -0.2) is 13.7 Å². The molecule has 0 radical (unpaired) electrons. The van der Waals surface area contributed by atoms with Crippen molar-refractivity contribution in [1.82, 2.24) is 9.80 Å². The van der Waals surface area contributed by atoms with Gasteiger partial charge in [0.1, 0.15) is 17.3 Å². The highest BCUT2D eigenvalue weighted by atomic mass is 19.1. The predicted molar refractivity (Wildman–Crippen MR) is 111 cm³/mol. The monoisotopic (exact) mass is 411 g/mol. The molecule has 0 aromatic heterocycles. The molecule has 2 heterocycles. The van der Waals surface area contributed by atoms with Crippen LogP contribution in [-0.2, 0) is 9.59 Å². The average molecular weight is 411 g/mol. The third kappa shape index (κ3) is 3.39. The van der Waals surface area contributed by atoms with Gasteiger partial charge in [-0.3, -0.25) is 9.59 Å². The number of nitrogens with zero attached hydrogens (tertiary/aromatic N) is 3. The Labute approximate surface area is 174 Å². The van der Waals surface area contributed by atoms with Gasteiger partial charge in [0.2, 0.25) is 0 Å². The van der Waals surface area contributed by atoms with Crippen LogP contribution in [0.3, 0.4) is 0 Å². The molecule has 4 rings (SSSR count). The van der Waals surface area contributed by atoms with Crippen molar-refractivity contribution in [2.75, 3.05) is 38.1 Å². The molecule has 1 saturated heterocycles. The first-order valence-electron chi connectivity index (χ1n) is 9.87. The van der Waals surface area contributed by atoms with E-state index in [0.29, 0.717) is 18.7 Å². The molecule has 0 atom stereocenters. The largest absolute Gasteiger partial charge is 0.364 e. The fraction of sp³-hybridized carbons (Fsp3) is 0.304. The zero-order valence-corrected chi connectivity index (χ0v) is 17.2. The molecule has 0 N–H and O–H groups in total. The van der Waals surface area contributed by atoms with E-state index in [1.165, 1.54) is 0 Å². The maximum atomic E-state index is 14.5. The number of likely N-dealkylation sites (N-methyl/N-ethyl adjacent to an activating group) is 1. The van der Waals surface area contributed by atoms with Crippen LogP contribution in [0.2, 0.25) is 0 Å². The maximum Gasteiger partial charge on any atom is 0.282 e. The van der Waals surface area contributed by atoms with Gasteiger partial charge in [0, 0.05) is 32.2 Å². The van der Waals surface area contributed by atoms with E-state index in [9.17, 15) is 18.4 Å². The summed E-state index contributed by atoms with van der Waals surface area (Å²) in [6.07, 6.45) is 0. The Morgan fingerprint density at radius 1 is 0.867 bits per heavy atom. The molecule has 5 nitrogen and oxygen atoms in total. The van der Waals surface area contributed by atoms with Crippen molar-refractivity contribution in [3.8, 4) is 0 Å². The van der Waals surface area contributed by atoms with Crippen molar-refractivity contribution in [3.63, 3.8) is 0 Å². The van der Waals surface area contributed by atoms with Gasteiger partial charge in [0.05, 0.1) is 11.3 Å². The summed E-state index contributed by atoms with van der Waals surface area (Å²) in [4.78, 5) is 31.7. The number of piperazine rings is 1.